The summed E-state index contributed by atoms with van der Waals surface area (Å²) in [6.07, 6.45) is 1.80. The van der Waals surface area contributed by atoms with Gasteiger partial charge in [-0.1, -0.05) is 36.4 Å². The molecule has 0 bridgehead atoms. The summed E-state index contributed by atoms with van der Waals surface area (Å²) in [7, 11) is 3.29. The van der Waals surface area contributed by atoms with E-state index in [-0.39, 0.29) is 24.3 Å². The first kappa shape index (κ1) is 20.1. The Labute approximate surface area is 184 Å². The fourth-order valence-electron chi connectivity index (χ4n) is 4.40. The number of nitrogens with zero attached hydrogens (tertiary/aromatic N) is 2. The van der Waals surface area contributed by atoms with E-state index in [2.05, 4.69) is 10.6 Å². The molecular weight excluding hydrogens is 412 g/mol. The number of imide groups is 1. The lowest BCUT2D eigenvalue weighted by Gasteiger charge is -2.31. The number of amides is 4. The Kier molecular flexibility index (Phi) is 4.63. The van der Waals surface area contributed by atoms with Crippen molar-refractivity contribution in [1.29, 1.82) is 0 Å². The molecule has 1 saturated heterocycles. The SMILES string of the molecule is COc1ccc2c(c1)C(=O)N(CC1(C3=CC(c4ccccc4)N(C)O3)NC(=O)NC1=O)C2. The van der Waals surface area contributed by atoms with Gasteiger partial charge in [-0.05, 0) is 29.3 Å². The molecule has 3 heterocycles. The average Bonchev–Trinajstić information content (AvgIpc) is 3.42. The number of rotatable bonds is 5. The monoisotopic (exact) mass is 434 g/mol. The Morgan fingerprint density at radius 2 is 1.94 bits per heavy atom. The van der Waals surface area contributed by atoms with Gasteiger partial charge in [-0.15, -0.1) is 5.06 Å². The van der Waals surface area contributed by atoms with Crippen LogP contribution in [0.15, 0.2) is 60.4 Å². The zero-order valence-electron chi connectivity index (χ0n) is 17.6. The summed E-state index contributed by atoms with van der Waals surface area (Å²) < 4.78 is 5.23. The summed E-state index contributed by atoms with van der Waals surface area (Å²) in [5, 5.41) is 6.63. The molecule has 9 heteroatoms. The zero-order valence-corrected chi connectivity index (χ0v) is 17.6. The molecule has 0 aliphatic carbocycles. The fourth-order valence-corrected chi connectivity index (χ4v) is 4.40. The van der Waals surface area contributed by atoms with E-state index in [4.69, 9.17) is 9.57 Å². The molecule has 2 atom stereocenters. The number of fused-ring (bicyclic) bond motifs is 1. The smallest absolute Gasteiger partial charge is 0.322 e. The second-order valence-corrected chi connectivity index (χ2v) is 8.02. The van der Waals surface area contributed by atoms with Crippen LogP contribution in [0.4, 0.5) is 4.79 Å². The van der Waals surface area contributed by atoms with Crippen LogP contribution < -0.4 is 15.4 Å². The van der Waals surface area contributed by atoms with Crippen LogP contribution in [0.2, 0.25) is 0 Å². The number of methoxy groups -OCH3 is 1. The third kappa shape index (κ3) is 3.09. The van der Waals surface area contributed by atoms with Crippen LogP contribution in [0.5, 0.6) is 5.75 Å². The molecule has 0 radical (unpaired) electrons. The van der Waals surface area contributed by atoms with Gasteiger partial charge < -0.3 is 19.8 Å². The van der Waals surface area contributed by atoms with Crippen LogP contribution in [0.1, 0.15) is 27.5 Å². The number of hydrogen-bond donors (Lipinski definition) is 2. The number of carbonyl (C=O) groups is 3. The standard InChI is InChI=1S/C23H22N4O5/c1-26-18(14-6-4-3-5-7-14)11-19(32-26)23(21(29)24-22(30)25-23)13-27-12-15-8-9-16(31-2)10-17(15)20(27)28/h3-11,18H,12-13H2,1-2H3,(H2,24,25,29,30). The zero-order chi connectivity index (χ0) is 22.5. The molecule has 1 fully saturated rings. The highest BCUT2D eigenvalue weighted by Crippen LogP contribution is 2.38. The maximum atomic E-state index is 13.1. The second kappa shape index (κ2) is 7.38. The Morgan fingerprint density at radius 1 is 1.16 bits per heavy atom. The highest BCUT2D eigenvalue weighted by atomic mass is 16.7. The van der Waals surface area contributed by atoms with E-state index in [0.717, 1.165) is 11.1 Å². The first-order valence-corrected chi connectivity index (χ1v) is 10.2. The Bertz CT molecular complexity index is 1150. The van der Waals surface area contributed by atoms with Crippen molar-refractivity contribution in [2.45, 2.75) is 18.1 Å². The van der Waals surface area contributed by atoms with Crippen molar-refractivity contribution in [3.05, 3.63) is 77.1 Å². The van der Waals surface area contributed by atoms with Gasteiger partial charge in [0, 0.05) is 19.2 Å². The van der Waals surface area contributed by atoms with E-state index in [1.54, 1.807) is 30.3 Å². The number of hydrogen-bond acceptors (Lipinski definition) is 6. The van der Waals surface area contributed by atoms with Crippen molar-refractivity contribution in [2.75, 3.05) is 20.7 Å². The number of urea groups is 1. The highest BCUT2D eigenvalue weighted by Gasteiger charge is 2.55. The second-order valence-electron chi connectivity index (χ2n) is 8.02. The molecule has 0 spiro atoms. The highest BCUT2D eigenvalue weighted by molar-refractivity contribution is 6.09. The van der Waals surface area contributed by atoms with Gasteiger partial charge in [-0.2, -0.15) is 0 Å². The minimum absolute atomic E-state index is 0.0679. The molecule has 3 aliphatic rings. The first-order chi connectivity index (χ1) is 15.4. The molecule has 2 N–H and O–H groups in total. The molecule has 2 unspecified atom stereocenters. The quantitative estimate of drug-likeness (QED) is 0.696. The van der Waals surface area contributed by atoms with Crippen molar-refractivity contribution in [1.82, 2.24) is 20.6 Å². The van der Waals surface area contributed by atoms with E-state index in [1.807, 2.05) is 36.4 Å². The van der Waals surface area contributed by atoms with E-state index in [9.17, 15) is 14.4 Å². The lowest BCUT2D eigenvalue weighted by atomic mass is 9.94. The Morgan fingerprint density at radius 3 is 2.62 bits per heavy atom. The van der Waals surface area contributed by atoms with Crippen LogP contribution in [-0.4, -0.2) is 54.0 Å². The molecule has 164 valence electrons. The number of likely N-dealkylation sites (N-methyl/N-ethyl adjacent to an activating group) is 1. The Balaban J connectivity index is 1.48. The van der Waals surface area contributed by atoms with E-state index in [0.29, 0.717) is 17.9 Å². The van der Waals surface area contributed by atoms with Crippen molar-refractivity contribution < 1.29 is 24.0 Å². The van der Waals surface area contributed by atoms with Crippen LogP contribution in [0.3, 0.4) is 0 Å². The summed E-state index contributed by atoms with van der Waals surface area (Å²) in [6, 6.07) is 14.1. The minimum atomic E-state index is -1.53. The molecule has 9 nitrogen and oxygen atoms in total. The first-order valence-electron chi connectivity index (χ1n) is 10.2. The maximum absolute atomic E-state index is 13.1. The van der Waals surface area contributed by atoms with Crippen LogP contribution >= 0.6 is 0 Å². The van der Waals surface area contributed by atoms with Crippen LogP contribution in [0.25, 0.3) is 0 Å². The predicted octanol–water partition coefficient (Wildman–Crippen LogP) is 1.73. The summed E-state index contributed by atoms with van der Waals surface area (Å²) in [4.78, 5) is 45.8. The van der Waals surface area contributed by atoms with Gasteiger partial charge in [0.1, 0.15) is 5.75 Å². The van der Waals surface area contributed by atoms with Gasteiger partial charge in [0.25, 0.3) is 11.8 Å². The van der Waals surface area contributed by atoms with Gasteiger partial charge in [-0.25, -0.2) is 4.79 Å². The summed E-state index contributed by atoms with van der Waals surface area (Å²) >= 11 is 0. The van der Waals surface area contributed by atoms with Crippen molar-refractivity contribution in [3.8, 4) is 5.75 Å². The maximum Gasteiger partial charge on any atom is 0.322 e. The van der Waals surface area contributed by atoms with Crippen LogP contribution in [0, 0.1) is 0 Å². The van der Waals surface area contributed by atoms with Crippen LogP contribution in [-0.2, 0) is 16.2 Å². The van der Waals surface area contributed by atoms with Gasteiger partial charge in [0.05, 0.1) is 19.7 Å². The molecule has 3 aliphatic heterocycles. The molecular formula is C23H22N4O5. The minimum Gasteiger partial charge on any atom is -0.497 e. The van der Waals surface area contributed by atoms with E-state index >= 15 is 0 Å². The van der Waals surface area contributed by atoms with Gasteiger partial charge >= 0.3 is 6.03 Å². The number of hydroxylamine groups is 2. The van der Waals surface area contributed by atoms with Crippen molar-refractivity contribution in [2.24, 2.45) is 0 Å². The third-order valence-electron chi connectivity index (χ3n) is 6.07. The van der Waals surface area contributed by atoms with Crippen molar-refractivity contribution in [3.63, 3.8) is 0 Å². The molecule has 0 aromatic heterocycles. The fraction of sp³-hybridized carbons (Fsp3) is 0.261. The van der Waals surface area contributed by atoms with Gasteiger partial charge in [0.2, 0.25) is 0 Å². The molecule has 2 aromatic rings. The van der Waals surface area contributed by atoms with E-state index < -0.39 is 17.5 Å². The summed E-state index contributed by atoms with van der Waals surface area (Å²) in [5.74, 6) is 0.0595. The third-order valence-corrected chi connectivity index (χ3v) is 6.07. The molecule has 4 amide bonds. The Hall–Kier alpha value is -3.85. The molecule has 2 aromatic carbocycles. The normalized spacial score (nSPS) is 24.7. The van der Waals surface area contributed by atoms with Crippen molar-refractivity contribution >= 4 is 17.8 Å². The largest absolute Gasteiger partial charge is 0.497 e. The molecule has 0 saturated carbocycles. The number of ether oxygens (including phenoxy) is 1. The number of carbonyl (C=O) groups excluding carboxylic acids is 3. The number of benzene rings is 2. The molecule has 5 rings (SSSR count). The van der Waals surface area contributed by atoms with Gasteiger partial charge in [0.15, 0.2) is 11.3 Å². The topological polar surface area (TPSA) is 100 Å². The predicted molar refractivity (Wildman–Crippen MR) is 113 cm³/mol. The lowest BCUT2D eigenvalue weighted by molar-refractivity contribution is -0.133. The lowest BCUT2D eigenvalue weighted by Crippen LogP contribution is -2.57. The molecule has 32 heavy (non-hydrogen) atoms. The summed E-state index contributed by atoms with van der Waals surface area (Å²) in [6.45, 7) is 0.246. The summed E-state index contributed by atoms with van der Waals surface area (Å²) in [5.41, 5.74) is 0.791. The van der Waals surface area contributed by atoms with E-state index in [1.165, 1.54) is 12.0 Å². The average molecular weight is 434 g/mol. The number of nitrogens with one attached hydrogen (secondary N) is 2. The van der Waals surface area contributed by atoms with Gasteiger partial charge in [-0.3, -0.25) is 14.9 Å².